The molecule has 2 aromatic heterocycles. The predicted octanol–water partition coefficient (Wildman–Crippen LogP) is 1.54. The van der Waals surface area contributed by atoms with Crippen molar-refractivity contribution in [2.45, 2.75) is 31.9 Å². The van der Waals surface area contributed by atoms with Gasteiger partial charge in [-0.05, 0) is 13.3 Å². The molecule has 128 valence electrons. The fraction of sp³-hybridized carbons (Fsp3) is 0.562. The number of nitrogens with one attached hydrogen (secondary N) is 1. The highest BCUT2D eigenvalue weighted by molar-refractivity contribution is 7.09. The molecule has 0 spiro atoms. The highest BCUT2D eigenvalue weighted by Gasteiger charge is 2.28. The molecule has 2 saturated heterocycles. The average molecular weight is 347 g/mol. The predicted molar refractivity (Wildman–Crippen MR) is 92.6 cm³/mol. The first-order valence-electron chi connectivity index (χ1n) is 8.22. The van der Waals surface area contributed by atoms with E-state index in [9.17, 15) is 5.11 Å². The van der Waals surface area contributed by atoms with E-state index >= 15 is 0 Å². The van der Waals surface area contributed by atoms with E-state index in [0.29, 0.717) is 38.1 Å². The number of aliphatic hydroxyl groups excluding tert-OH is 1. The SMILES string of the molecule is Cc1nc(CNc2cc([C@@H]3CCOC3)nc(N3CC(O)C3)n2)cs1. The molecule has 0 aromatic carbocycles. The fourth-order valence-corrected chi connectivity index (χ4v) is 3.56. The van der Waals surface area contributed by atoms with Gasteiger partial charge in [0.2, 0.25) is 5.95 Å². The second-order valence-corrected chi connectivity index (χ2v) is 7.37. The molecule has 2 aliphatic rings. The zero-order valence-electron chi connectivity index (χ0n) is 13.6. The Morgan fingerprint density at radius 2 is 2.25 bits per heavy atom. The minimum absolute atomic E-state index is 0.276. The van der Waals surface area contributed by atoms with Crippen molar-refractivity contribution >= 4 is 23.1 Å². The molecular formula is C16H21N5O2S. The van der Waals surface area contributed by atoms with E-state index in [1.807, 2.05) is 17.9 Å². The van der Waals surface area contributed by atoms with Gasteiger partial charge in [-0.1, -0.05) is 0 Å². The Kier molecular flexibility index (Phi) is 4.34. The molecule has 2 fully saturated rings. The quantitative estimate of drug-likeness (QED) is 0.849. The van der Waals surface area contributed by atoms with Crippen LogP contribution in [0.1, 0.15) is 28.7 Å². The summed E-state index contributed by atoms with van der Waals surface area (Å²) >= 11 is 1.65. The van der Waals surface area contributed by atoms with E-state index < -0.39 is 0 Å². The lowest BCUT2D eigenvalue weighted by molar-refractivity contribution is 0.140. The third-order valence-corrected chi connectivity index (χ3v) is 5.17. The van der Waals surface area contributed by atoms with Gasteiger partial charge in [-0.3, -0.25) is 0 Å². The lowest BCUT2D eigenvalue weighted by atomic mass is 10.0. The smallest absolute Gasteiger partial charge is 0.227 e. The van der Waals surface area contributed by atoms with Gasteiger partial charge >= 0.3 is 0 Å². The highest BCUT2D eigenvalue weighted by atomic mass is 32.1. The van der Waals surface area contributed by atoms with Crippen molar-refractivity contribution in [2.24, 2.45) is 0 Å². The zero-order chi connectivity index (χ0) is 16.5. The zero-order valence-corrected chi connectivity index (χ0v) is 14.4. The normalized spacial score (nSPS) is 21.1. The Morgan fingerprint density at radius 3 is 2.92 bits per heavy atom. The van der Waals surface area contributed by atoms with Crippen molar-refractivity contribution in [1.29, 1.82) is 0 Å². The molecule has 4 heterocycles. The van der Waals surface area contributed by atoms with Crippen molar-refractivity contribution in [3.8, 4) is 0 Å². The van der Waals surface area contributed by atoms with E-state index in [1.165, 1.54) is 0 Å². The number of hydrogen-bond acceptors (Lipinski definition) is 8. The number of hydrogen-bond donors (Lipinski definition) is 2. The van der Waals surface area contributed by atoms with Gasteiger partial charge < -0.3 is 20.1 Å². The van der Waals surface area contributed by atoms with Crippen LogP contribution in [0.4, 0.5) is 11.8 Å². The topological polar surface area (TPSA) is 83.4 Å². The van der Waals surface area contributed by atoms with Crippen molar-refractivity contribution in [2.75, 3.05) is 36.5 Å². The summed E-state index contributed by atoms with van der Waals surface area (Å²) in [6.45, 7) is 5.33. The lowest BCUT2D eigenvalue weighted by Crippen LogP contribution is -2.51. The van der Waals surface area contributed by atoms with Crippen LogP contribution in [-0.4, -0.2) is 52.5 Å². The largest absolute Gasteiger partial charge is 0.389 e. The van der Waals surface area contributed by atoms with Gasteiger partial charge in [-0.25, -0.2) is 9.97 Å². The molecule has 2 aromatic rings. The minimum Gasteiger partial charge on any atom is -0.389 e. The highest BCUT2D eigenvalue weighted by Crippen LogP contribution is 2.28. The maximum Gasteiger partial charge on any atom is 0.227 e. The van der Waals surface area contributed by atoms with Crippen molar-refractivity contribution in [1.82, 2.24) is 15.0 Å². The van der Waals surface area contributed by atoms with Crippen LogP contribution in [0, 0.1) is 6.92 Å². The summed E-state index contributed by atoms with van der Waals surface area (Å²) in [5.74, 6) is 1.80. The van der Waals surface area contributed by atoms with Crippen molar-refractivity contribution in [3.05, 3.63) is 27.8 Å². The Balaban J connectivity index is 1.54. The summed E-state index contributed by atoms with van der Waals surface area (Å²) in [6, 6.07) is 2.01. The molecule has 2 N–H and O–H groups in total. The fourth-order valence-electron chi connectivity index (χ4n) is 2.95. The van der Waals surface area contributed by atoms with Crippen molar-refractivity contribution < 1.29 is 9.84 Å². The Hall–Kier alpha value is -1.77. The van der Waals surface area contributed by atoms with E-state index in [2.05, 4.69) is 20.7 Å². The molecule has 0 aliphatic carbocycles. The molecule has 7 nitrogen and oxygen atoms in total. The molecule has 0 amide bonds. The summed E-state index contributed by atoms with van der Waals surface area (Å²) in [5, 5.41) is 16.0. The van der Waals surface area contributed by atoms with Crippen LogP contribution in [0.25, 0.3) is 0 Å². The number of aromatic nitrogens is 3. The number of rotatable bonds is 5. The Labute approximate surface area is 144 Å². The first-order chi connectivity index (χ1) is 11.7. The van der Waals surface area contributed by atoms with Crippen LogP contribution >= 0.6 is 11.3 Å². The molecule has 8 heteroatoms. The molecule has 0 unspecified atom stereocenters. The Morgan fingerprint density at radius 1 is 1.38 bits per heavy atom. The van der Waals surface area contributed by atoms with Gasteiger partial charge in [0.15, 0.2) is 0 Å². The second kappa shape index (κ2) is 6.62. The summed E-state index contributed by atoms with van der Waals surface area (Å²) in [6.07, 6.45) is 0.713. The number of β-amino-alcohol motifs (C(OH)–C–C–N with tert-alkyl or cyclic N) is 1. The molecule has 24 heavy (non-hydrogen) atoms. The number of aliphatic hydroxyl groups is 1. The van der Waals surface area contributed by atoms with Gasteiger partial charge in [0.05, 0.1) is 35.7 Å². The first-order valence-corrected chi connectivity index (χ1v) is 9.10. The van der Waals surface area contributed by atoms with Gasteiger partial charge in [-0.2, -0.15) is 4.98 Å². The van der Waals surface area contributed by atoms with Crippen LogP contribution in [0.15, 0.2) is 11.4 Å². The number of ether oxygens (including phenoxy) is 1. The number of aryl methyl sites for hydroxylation is 1. The van der Waals surface area contributed by atoms with Crippen LogP contribution in [0.5, 0.6) is 0 Å². The first kappa shape index (κ1) is 15.7. The van der Waals surface area contributed by atoms with Gasteiger partial charge in [-0.15, -0.1) is 11.3 Å². The van der Waals surface area contributed by atoms with E-state index in [0.717, 1.165) is 35.2 Å². The number of anilines is 2. The van der Waals surface area contributed by atoms with Crippen LogP contribution in [0.3, 0.4) is 0 Å². The van der Waals surface area contributed by atoms with E-state index in [-0.39, 0.29) is 6.10 Å². The van der Waals surface area contributed by atoms with Gasteiger partial charge in [0, 0.05) is 37.1 Å². The molecule has 1 atom stereocenters. The summed E-state index contributed by atoms with van der Waals surface area (Å²) in [4.78, 5) is 15.8. The molecule has 4 rings (SSSR count). The Bertz CT molecular complexity index is 710. The van der Waals surface area contributed by atoms with Crippen molar-refractivity contribution in [3.63, 3.8) is 0 Å². The summed E-state index contributed by atoms with van der Waals surface area (Å²) in [5.41, 5.74) is 2.03. The minimum atomic E-state index is -0.276. The third kappa shape index (κ3) is 3.35. The molecule has 2 aliphatic heterocycles. The van der Waals surface area contributed by atoms with E-state index in [1.54, 1.807) is 11.3 Å². The summed E-state index contributed by atoms with van der Waals surface area (Å²) in [7, 11) is 0. The third-order valence-electron chi connectivity index (χ3n) is 4.34. The molecule has 0 radical (unpaired) electrons. The maximum atomic E-state index is 9.54. The van der Waals surface area contributed by atoms with Gasteiger partial charge in [0.1, 0.15) is 5.82 Å². The number of thiazole rings is 1. The monoisotopic (exact) mass is 347 g/mol. The number of nitrogens with zero attached hydrogens (tertiary/aromatic N) is 4. The van der Waals surface area contributed by atoms with Gasteiger partial charge in [0.25, 0.3) is 0 Å². The van der Waals surface area contributed by atoms with Crippen LogP contribution < -0.4 is 10.2 Å². The van der Waals surface area contributed by atoms with E-state index in [4.69, 9.17) is 9.72 Å². The second-order valence-electron chi connectivity index (χ2n) is 6.31. The lowest BCUT2D eigenvalue weighted by Gasteiger charge is -2.36. The molecular weight excluding hydrogens is 326 g/mol. The molecule has 0 saturated carbocycles. The average Bonchev–Trinajstić information content (AvgIpc) is 3.21. The maximum absolute atomic E-state index is 9.54. The summed E-state index contributed by atoms with van der Waals surface area (Å²) < 4.78 is 5.50. The van der Waals surface area contributed by atoms with Crippen LogP contribution in [0.2, 0.25) is 0 Å². The standard InChI is InChI=1S/C16H21N5O2S/c1-10-18-12(9-24-10)5-17-15-4-14(11-2-3-23-8-11)19-16(20-15)21-6-13(22)7-21/h4,9,11,13,22H,2-3,5-8H2,1H3,(H,17,19,20)/t11-/m1/s1. The molecule has 0 bridgehead atoms. The van der Waals surface area contributed by atoms with Crippen LogP contribution in [-0.2, 0) is 11.3 Å².